The van der Waals surface area contributed by atoms with Gasteiger partial charge in [0.05, 0.1) is 11.6 Å². The summed E-state index contributed by atoms with van der Waals surface area (Å²) in [6.07, 6.45) is 3.10. The Hall–Kier alpha value is -3.09. The maximum absolute atomic E-state index is 11.9. The highest BCUT2D eigenvalue weighted by molar-refractivity contribution is 5.93. The molecule has 1 heterocycles. The Morgan fingerprint density at radius 2 is 1.78 bits per heavy atom. The maximum atomic E-state index is 11.9. The number of para-hydroxylation sites is 1. The van der Waals surface area contributed by atoms with Crippen molar-refractivity contribution in [2.45, 2.75) is 26.8 Å². The lowest BCUT2D eigenvalue weighted by molar-refractivity contribution is 0.0953. The minimum atomic E-state index is -0.303. The molecular weight excluding hydrogens is 344 g/mol. The van der Waals surface area contributed by atoms with Crippen LogP contribution in [0.2, 0.25) is 0 Å². The van der Waals surface area contributed by atoms with E-state index in [-0.39, 0.29) is 18.0 Å². The zero-order valence-corrected chi connectivity index (χ0v) is 15.9. The van der Waals surface area contributed by atoms with Gasteiger partial charge in [-0.3, -0.25) is 9.78 Å². The van der Waals surface area contributed by atoms with Crippen molar-refractivity contribution < 1.29 is 14.3 Å². The molecule has 0 aliphatic carbocycles. The molecule has 0 spiro atoms. The average molecular weight is 370 g/mol. The highest BCUT2D eigenvalue weighted by atomic mass is 16.5. The molecule has 0 aliphatic rings. The van der Waals surface area contributed by atoms with Crippen LogP contribution in [-0.2, 0) is 0 Å². The van der Waals surface area contributed by atoms with Gasteiger partial charge in [0.2, 0.25) is 0 Å². The molecule has 7 heteroatoms. The molecular formula is C20H26N4O3. The van der Waals surface area contributed by atoms with Gasteiger partial charge in [-0.05, 0) is 44.0 Å². The lowest BCUT2D eigenvalue weighted by atomic mass is 10.1. The zero-order chi connectivity index (χ0) is 19.6. The largest absolute Gasteiger partial charge is 0.491 e. The summed E-state index contributed by atoms with van der Waals surface area (Å²) < 4.78 is 5.83. The lowest BCUT2D eigenvalue weighted by Crippen LogP contribution is -2.45. The molecule has 0 fully saturated rings. The van der Waals surface area contributed by atoms with Crippen molar-refractivity contribution in [2.75, 3.05) is 19.7 Å². The van der Waals surface area contributed by atoms with E-state index in [1.165, 1.54) is 6.20 Å². The van der Waals surface area contributed by atoms with Crippen molar-refractivity contribution >= 4 is 11.9 Å². The fraction of sp³-hybridized carbons (Fsp3) is 0.350. The minimum absolute atomic E-state index is 0.158. The normalized spacial score (nSPS) is 11.4. The number of nitrogens with zero attached hydrogens (tertiary/aromatic N) is 1. The van der Waals surface area contributed by atoms with Gasteiger partial charge in [-0.15, -0.1) is 0 Å². The van der Waals surface area contributed by atoms with Gasteiger partial charge in [0.25, 0.3) is 5.91 Å². The molecule has 1 aromatic heterocycles. The van der Waals surface area contributed by atoms with Gasteiger partial charge in [0.1, 0.15) is 12.4 Å². The number of pyridine rings is 1. The Morgan fingerprint density at radius 1 is 1.07 bits per heavy atom. The Kier molecular flexibility index (Phi) is 7.61. The molecule has 2 aromatic rings. The fourth-order valence-corrected chi connectivity index (χ4v) is 2.50. The number of rotatable bonds is 8. The predicted molar refractivity (Wildman–Crippen MR) is 104 cm³/mol. The van der Waals surface area contributed by atoms with Gasteiger partial charge >= 0.3 is 6.03 Å². The number of amides is 3. The second-order valence-electron chi connectivity index (χ2n) is 6.33. The Balaban J connectivity index is 1.64. The van der Waals surface area contributed by atoms with Gasteiger partial charge in [0.15, 0.2) is 0 Å². The van der Waals surface area contributed by atoms with E-state index in [1.54, 1.807) is 18.3 Å². The van der Waals surface area contributed by atoms with Crippen molar-refractivity contribution in [3.63, 3.8) is 0 Å². The van der Waals surface area contributed by atoms with Crippen LogP contribution in [0.1, 0.15) is 28.4 Å². The minimum Gasteiger partial charge on any atom is -0.491 e. The van der Waals surface area contributed by atoms with Crippen LogP contribution < -0.4 is 20.7 Å². The van der Waals surface area contributed by atoms with Crippen LogP contribution in [0.25, 0.3) is 0 Å². The smallest absolute Gasteiger partial charge is 0.315 e. The first-order valence-electron chi connectivity index (χ1n) is 8.89. The molecule has 0 saturated carbocycles. The number of carbonyl (C=O) groups excluding carboxylic acids is 2. The molecule has 27 heavy (non-hydrogen) atoms. The molecule has 7 nitrogen and oxygen atoms in total. The summed E-state index contributed by atoms with van der Waals surface area (Å²) >= 11 is 0. The molecule has 144 valence electrons. The predicted octanol–water partition coefficient (Wildman–Crippen LogP) is 2.19. The monoisotopic (exact) mass is 370 g/mol. The van der Waals surface area contributed by atoms with E-state index in [0.29, 0.717) is 25.3 Å². The lowest BCUT2D eigenvalue weighted by Gasteiger charge is -2.18. The summed E-state index contributed by atoms with van der Waals surface area (Å²) in [5, 5.41) is 8.24. The van der Waals surface area contributed by atoms with E-state index in [2.05, 4.69) is 20.9 Å². The summed E-state index contributed by atoms with van der Waals surface area (Å²) in [4.78, 5) is 27.7. The molecule has 3 N–H and O–H groups in total. The Bertz CT molecular complexity index is 745. The van der Waals surface area contributed by atoms with Gasteiger partial charge in [-0.2, -0.15) is 0 Å². The highest BCUT2D eigenvalue weighted by Gasteiger charge is 2.10. The van der Waals surface area contributed by atoms with Crippen LogP contribution in [0.4, 0.5) is 4.79 Å². The van der Waals surface area contributed by atoms with E-state index < -0.39 is 0 Å². The fourth-order valence-electron chi connectivity index (χ4n) is 2.50. The quantitative estimate of drug-likeness (QED) is 0.621. The highest BCUT2D eigenvalue weighted by Crippen LogP contribution is 2.22. The standard InChI is InChI=1S/C20H26N4O3/c1-14-6-4-7-15(2)18(14)27-13-16(3)24-20(26)23-11-10-22-19(25)17-8-5-9-21-12-17/h4-9,12,16H,10-11,13H2,1-3H3,(H,22,25)(H2,23,24,26)/t16-/m0/s1. The summed E-state index contributed by atoms with van der Waals surface area (Å²) in [6.45, 7) is 6.88. The second-order valence-corrected chi connectivity index (χ2v) is 6.33. The first-order chi connectivity index (χ1) is 13.0. The Labute approximate surface area is 159 Å². The van der Waals surface area contributed by atoms with Gasteiger partial charge in [-0.1, -0.05) is 18.2 Å². The first kappa shape index (κ1) is 20.2. The SMILES string of the molecule is Cc1cccc(C)c1OC[C@H](C)NC(=O)NCCNC(=O)c1cccnc1. The number of aromatic nitrogens is 1. The first-order valence-corrected chi connectivity index (χ1v) is 8.89. The van der Waals surface area contributed by atoms with Crippen molar-refractivity contribution in [1.29, 1.82) is 0 Å². The van der Waals surface area contributed by atoms with Crippen LogP contribution in [0.15, 0.2) is 42.7 Å². The molecule has 0 saturated heterocycles. The number of benzene rings is 1. The summed E-state index contributed by atoms with van der Waals surface area (Å²) in [7, 11) is 0. The van der Waals surface area contributed by atoms with E-state index in [4.69, 9.17) is 4.74 Å². The molecule has 0 bridgehead atoms. The van der Waals surface area contributed by atoms with Crippen LogP contribution in [0.3, 0.4) is 0 Å². The van der Waals surface area contributed by atoms with Crippen molar-refractivity contribution in [2.24, 2.45) is 0 Å². The van der Waals surface area contributed by atoms with Gasteiger partial charge < -0.3 is 20.7 Å². The van der Waals surface area contributed by atoms with Crippen molar-refractivity contribution in [3.8, 4) is 5.75 Å². The van der Waals surface area contributed by atoms with E-state index in [0.717, 1.165) is 16.9 Å². The molecule has 3 amide bonds. The molecule has 2 rings (SSSR count). The third kappa shape index (κ3) is 6.62. The third-order valence-corrected chi connectivity index (χ3v) is 3.88. The number of hydrogen-bond acceptors (Lipinski definition) is 4. The average Bonchev–Trinajstić information content (AvgIpc) is 2.65. The number of ether oxygens (including phenoxy) is 1. The molecule has 1 aromatic carbocycles. The van der Waals surface area contributed by atoms with Crippen LogP contribution >= 0.6 is 0 Å². The summed E-state index contributed by atoms with van der Waals surface area (Å²) in [5.74, 6) is 0.630. The van der Waals surface area contributed by atoms with Crippen molar-refractivity contribution in [3.05, 3.63) is 59.4 Å². The van der Waals surface area contributed by atoms with Gasteiger partial charge in [-0.25, -0.2) is 4.79 Å². The number of urea groups is 1. The van der Waals surface area contributed by atoms with Gasteiger partial charge in [0, 0.05) is 25.5 Å². The Morgan fingerprint density at radius 3 is 2.44 bits per heavy atom. The summed E-state index contributed by atoms with van der Waals surface area (Å²) in [5.41, 5.74) is 2.62. The number of hydrogen-bond donors (Lipinski definition) is 3. The maximum Gasteiger partial charge on any atom is 0.315 e. The number of carbonyl (C=O) groups is 2. The topological polar surface area (TPSA) is 92.4 Å². The third-order valence-electron chi connectivity index (χ3n) is 3.88. The van der Waals surface area contributed by atoms with E-state index in [9.17, 15) is 9.59 Å². The number of nitrogens with one attached hydrogen (secondary N) is 3. The molecule has 0 unspecified atom stereocenters. The van der Waals surface area contributed by atoms with Crippen LogP contribution in [0.5, 0.6) is 5.75 Å². The van der Waals surface area contributed by atoms with Crippen molar-refractivity contribution in [1.82, 2.24) is 20.9 Å². The van der Waals surface area contributed by atoms with E-state index >= 15 is 0 Å². The van der Waals surface area contributed by atoms with Crippen LogP contribution in [0, 0.1) is 13.8 Å². The van der Waals surface area contributed by atoms with E-state index in [1.807, 2.05) is 39.0 Å². The molecule has 1 atom stereocenters. The van der Waals surface area contributed by atoms with Crippen LogP contribution in [-0.4, -0.2) is 42.7 Å². The number of aryl methyl sites for hydroxylation is 2. The zero-order valence-electron chi connectivity index (χ0n) is 15.9. The summed E-state index contributed by atoms with van der Waals surface area (Å²) in [6, 6.07) is 8.89. The molecule has 0 aliphatic heterocycles. The second kappa shape index (κ2) is 10.2. The molecule has 0 radical (unpaired) electrons.